The highest BCUT2D eigenvalue weighted by Gasteiger charge is 2.41. The monoisotopic (exact) mass is 529 g/mol. The highest BCUT2D eigenvalue weighted by molar-refractivity contribution is 5.94. The Bertz CT molecular complexity index is 1000. The van der Waals surface area contributed by atoms with Gasteiger partial charge in [-0.2, -0.15) is 0 Å². The molecule has 38 heavy (non-hydrogen) atoms. The molecule has 1 fully saturated rings. The first-order valence-corrected chi connectivity index (χ1v) is 13.6. The molecule has 1 aromatic rings. The second-order valence-corrected chi connectivity index (χ2v) is 10.5. The number of amides is 4. The highest BCUT2D eigenvalue weighted by Crippen LogP contribution is 2.30. The van der Waals surface area contributed by atoms with E-state index in [9.17, 15) is 19.2 Å². The average Bonchev–Trinajstić information content (AvgIpc) is 2.93. The largest absolute Gasteiger partial charge is 0.384 e. The normalized spacial score (nSPS) is 20.9. The Morgan fingerprint density at radius 2 is 1.84 bits per heavy atom. The number of carbonyl (C=O) groups is 4. The lowest BCUT2D eigenvalue weighted by Gasteiger charge is -2.43. The van der Waals surface area contributed by atoms with Gasteiger partial charge in [-0.1, -0.05) is 38.1 Å². The molecular weight excluding hydrogens is 486 g/mol. The van der Waals surface area contributed by atoms with Gasteiger partial charge in [-0.05, 0) is 50.3 Å². The molecule has 0 aromatic heterocycles. The summed E-state index contributed by atoms with van der Waals surface area (Å²) in [6.45, 7) is 6.36. The van der Waals surface area contributed by atoms with Crippen LogP contribution in [0.1, 0.15) is 57.2 Å². The van der Waals surface area contributed by atoms with Gasteiger partial charge in [0.25, 0.3) is 0 Å². The van der Waals surface area contributed by atoms with E-state index in [0.29, 0.717) is 13.2 Å². The van der Waals surface area contributed by atoms with Crippen molar-refractivity contribution in [3.63, 3.8) is 0 Å². The summed E-state index contributed by atoms with van der Waals surface area (Å²) in [6.07, 6.45) is 2.95. The molecule has 10 nitrogen and oxygen atoms in total. The number of likely N-dealkylation sites (N-methyl/N-ethyl adjacent to an activating group) is 1. The lowest BCUT2D eigenvalue weighted by molar-refractivity contribution is -0.151. The van der Waals surface area contributed by atoms with Crippen molar-refractivity contribution in [1.29, 1.82) is 0 Å². The molecule has 1 heterocycles. The quantitative estimate of drug-likeness (QED) is 0.416. The minimum Gasteiger partial charge on any atom is -0.384 e. The topological polar surface area (TPSA) is 120 Å². The van der Waals surface area contributed by atoms with Crippen LogP contribution in [0, 0.1) is 5.92 Å². The average molecular weight is 530 g/mol. The van der Waals surface area contributed by atoms with Crippen LogP contribution < -0.4 is 16.0 Å². The molecule has 210 valence electrons. The van der Waals surface area contributed by atoms with Gasteiger partial charge in [0.05, 0.1) is 31.7 Å². The lowest BCUT2D eigenvalue weighted by Crippen LogP contribution is -2.65. The maximum atomic E-state index is 13.8. The third-order valence-corrected chi connectivity index (χ3v) is 7.58. The number of hydrogen-bond acceptors (Lipinski definition) is 6. The Morgan fingerprint density at radius 1 is 1.11 bits per heavy atom. The summed E-state index contributed by atoms with van der Waals surface area (Å²) in [5.41, 5.74) is 2.32. The maximum absolute atomic E-state index is 13.8. The number of nitrogens with zero attached hydrogens (tertiary/aromatic N) is 2. The molecule has 10 heteroatoms. The van der Waals surface area contributed by atoms with E-state index in [2.05, 4.69) is 22.0 Å². The van der Waals surface area contributed by atoms with Crippen LogP contribution in [0.25, 0.3) is 0 Å². The molecule has 0 saturated carbocycles. The van der Waals surface area contributed by atoms with Crippen LogP contribution >= 0.6 is 0 Å². The van der Waals surface area contributed by atoms with Crippen molar-refractivity contribution in [3.8, 4) is 0 Å². The summed E-state index contributed by atoms with van der Waals surface area (Å²) in [7, 11) is 3.22. The van der Waals surface area contributed by atoms with E-state index in [4.69, 9.17) is 4.74 Å². The van der Waals surface area contributed by atoms with Gasteiger partial charge in [-0.3, -0.25) is 19.2 Å². The molecule has 0 spiro atoms. The van der Waals surface area contributed by atoms with E-state index in [1.165, 1.54) is 12.7 Å². The third kappa shape index (κ3) is 7.11. The fourth-order valence-electron chi connectivity index (χ4n) is 5.12. The van der Waals surface area contributed by atoms with Gasteiger partial charge >= 0.3 is 0 Å². The Hall–Kier alpha value is -2.98. The maximum Gasteiger partial charge on any atom is 0.246 e. The van der Waals surface area contributed by atoms with Gasteiger partial charge in [0.15, 0.2) is 0 Å². The van der Waals surface area contributed by atoms with Crippen LogP contribution in [-0.4, -0.2) is 92.0 Å². The van der Waals surface area contributed by atoms with E-state index in [1.807, 2.05) is 32.0 Å². The fourth-order valence-corrected chi connectivity index (χ4v) is 5.12. The number of ether oxygens (including phenoxy) is 1. The molecule has 3 N–H and O–H groups in total. The zero-order chi connectivity index (χ0) is 27.8. The van der Waals surface area contributed by atoms with E-state index in [0.717, 1.165) is 24.8 Å². The zero-order valence-corrected chi connectivity index (χ0v) is 23.3. The molecule has 4 amide bonds. The van der Waals surface area contributed by atoms with Crippen molar-refractivity contribution < 1.29 is 23.9 Å². The minimum atomic E-state index is -0.864. The second-order valence-electron chi connectivity index (χ2n) is 10.5. The van der Waals surface area contributed by atoms with E-state index < -0.39 is 18.1 Å². The van der Waals surface area contributed by atoms with Crippen LogP contribution in [0.4, 0.5) is 0 Å². The number of nitrogens with one attached hydrogen (secondary N) is 3. The zero-order valence-electron chi connectivity index (χ0n) is 23.3. The Morgan fingerprint density at radius 3 is 2.53 bits per heavy atom. The predicted octanol–water partition coefficient (Wildman–Crippen LogP) is 1.00. The van der Waals surface area contributed by atoms with Gasteiger partial charge < -0.3 is 30.5 Å². The molecular formula is C28H43N5O5. The van der Waals surface area contributed by atoms with Crippen LogP contribution in [0.15, 0.2) is 24.3 Å². The number of piperazine rings is 1. The fraction of sp³-hybridized carbons (Fsp3) is 0.643. The van der Waals surface area contributed by atoms with Crippen LogP contribution in [-0.2, 0) is 30.3 Å². The molecule has 0 radical (unpaired) electrons. The predicted molar refractivity (Wildman–Crippen MR) is 144 cm³/mol. The summed E-state index contributed by atoms with van der Waals surface area (Å²) in [5, 5.41) is 8.92. The SMILES string of the molecule is CN[C@@H](C)C(=O)N[C@H](C(=O)N1CCN(C(=O)CCOC)C[C@H]1C(=O)NC1CCCc2ccccc21)C(C)C. The molecule has 0 bridgehead atoms. The molecule has 1 saturated heterocycles. The standard InChI is InChI=1S/C28H43N5O5/c1-18(2)25(31-26(35)19(3)29-4)28(37)33-15-14-32(24(34)13-16-38-5)17-23(33)27(36)30-22-12-8-10-20-9-6-7-11-21(20)22/h6-7,9,11,18-19,22-23,25,29H,8,10,12-17H2,1-5H3,(H,30,36)(H,31,35)/t19-,22?,23-,25-/m0/s1. The first-order valence-electron chi connectivity index (χ1n) is 13.6. The summed E-state index contributed by atoms with van der Waals surface area (Å²) in [5.74, 6) is -1.19. The summed E-state index contributed by atoms with van der Waals surface area (Å²) in [6, 6.07) is 5.82. The highest BCUT2D eigenvalue weighted by atomic mass is 16.5. The molecule has 1 aliphatic heterocycles. The number of carbonyl (C=O) groups excluding carboxylic acids is 4. The Balaban J connectivity index is 1.84. The van der Waals surface area contributed by atoms with Crippen LogP contribution in [0.5, 0.6) is 0 Å². The van der Waals surface area contributed by atoms with Crippen molar-refractivity contribution >= 4 is 23.6 Å². The molecule has 4 atom stereocenters. The lowest BCUT2D eigenvalue weighted by atomic mass is 9.87. The first-order chi connectivity index (χ1) is 18.2. The molecule has 1 aliphatic carbocycles. The van der Waals surface area contributed by atoms with Gasteiger partial charge in [0, 0.05) is 20.2 Å². The Labute approximate surface area is 225 Å². The van der Waals surface area contributed by atoms with Crippen molar-refractivity contribution in [3.05, 3.63) is 35.4 Å². The van der Waals surface area contributed by atoms with Gasteiger partial charge in [0.1, 0.15) is 12.1 Å². The number of aryl methyl sites for hydroxylation is 1. The molecule has 3 rings (SSSR count). The summed E-state index contributed by atoms with van der Waals surface area (Å²) >= 11 is 0. The van der Waals surface area contributed by atoms with Gasteiger partial charge in [0.2, 0.25) is 23.6 Å². The second kappa shape index (κ2) is 13.7. The van der Waals surface area contributed by atoms with E-state index >= 15 is 0 Å². The number of fused-ring (bicyclic) bond motifs is 1. The number of hydrogen-bond donors (Lipinski definition) is 3. The Kier molecular flexibility index (Phi) is 10.7. The number of rotatable bonds is 10. The van der Waals surface area contributed by atoms with E-state index in [1.54, 1.807) is 23.8 Å². The summed E-state index contributed by atoms with van der Waals surface area (Å²) < 4.78 is 5.06. The van der Waals surface area contributed by atoms with E-state index in [-0.39, 0.29) is 55.1 Å². The van der Waals surface area contributed by atoms with Crippen LogP contribution in [0.3, 0.4) is 0 Å². The van der Waals surface area contributed by atoms with Crippen molar-refractivity contribution in [2.45, 2.75) is 70.6 Å². The van der Waals surface area contributed by atoms with Gasteiger partial charge in [-0.15, -0.1) is 0 Å². The van der Waals surface area contributed by atoms with Crippen molar-refractivity contribution in [2.24, 2.45) is 5.92 Å². The summed E-state index contributed by atoms with van der Waals surface area (Å²) in [4.78, 5) is 56.2. The number of methoxy groups -OCH3 is 1. The van der Waals surface area contributed by atoms with Crippen molar-refractivity contribution in [2.75, 3.05) is 40.4 Å². The van der Waals surface area contributed by atoms with Gasteiger partial charge in [-0.25, -0.2) is 0 Å². The molecule has 1 aromatic carbocycles. The smallest absolute Gasteiger partial charge is 0.246 e. The van der Waals surface area contributed by atoms with Crippen molar-refractivity contribution in [1.82, 2.24) is 25.8 Å². The number of benzene rings is 1. The minimum absolute atomic E-state index is 0.0974. The van der Waals surface area contributed by atoms with Crippen LogP contribution in [0.2, 0.25) is 0 Å². The molecule has 2 aliphatic rings. The molecule has 1 unspecified atom stereocenters. The third-order valence-electron chi connectivity index (χ3n) is 7.58. The first kappa shape index (κ1) is 29.6.